The highest BCUT2D eigenvalue weighted by Crippen LogP contribution is 2.14. The van der Waals surface area contributed by atoms with Crippen LogP contribution in [-0.4, -0.2) is 23.8 Å². The van der Waals surface area contributed by atoms with Gasteiger partial charge in [0.15, 0.2) is 0 Å². The molecule has 2 aromatic carbocycles. The SMILES string of the molecule is CC(C)C(=O)Nc1cccc(C(=O)N(C)Cc2ccccc2)c1. The van der Waals surface area contributed by atoms with E-state index in [1.165, 1.54) is 0 Å². The quantitative estimate of drug-likeness (QED) is 0.918. The van der Waals surface area contributed by atoms with Crippen molar-refractivity contribution in [2.24, 2.45) is 5.92 Å². The minimum Gasteiger partial charge on any atom is -0.337 e. The molecule has 0 atom stereocenters. The number of carbonyl (C=O) groups excluding carboxylic acids is 2. The first-order valence-electron chi connectivity index (χ1n) is 7.67. The van der Waals surface area contributed by atoms with Crippen molar-refractivity contribution in [2.75, 3.05) is 12.4 Å². The van der Waals surface area contributed by atoms with Gasteiger partial charge in [-0.25, -0.2) is 0 Å². The lowest BCUT2D eigenvalue weighted by molar-refractivity contribution is -0.118. The van der Waals surface area contributed by atoms with Crippen LogP contribution in [0.25, 0.3) is 0 Å². The largest absolute Gasteiger partial charge is 0.337 e. The van der Waals surface area contributed by atoms with E-state index in [0.717, 1.165) is 5.56 Å². The Kier molecular flexibility index (Phi) is 5.52. The summed E-state index contributed by atoms with van der Waals surface area (Å²) in [5.74, 6) is -0.239. The molecule has 0 aromatic heterocycles. The molecule has 0 saturated carbocycles. The minimum absolute atomic E-state index is 0.0627. The Balaban J connectivity index is 2.08. The second-order valence-electron chi connectivity index (χ2n) is 5.87. The van der Waals surface area contributed by atoms with Gasteiger partial charge in [0, 0.05) is 30.8 Å². The third-order valence-corrected chi connectivity index (χ3v) is 3.51. The van der Waals surface area contributed by atoms with E-state index in [2.05, 4.69) is 5.32 Å². The molecule has 23 heavy (non-hydrogen) atoms. The van der Waals surface area contributed by atoms with Gasteiger partial charge in [0.05, 0.1) is 0 Å². The number of hydrogen-bond donors (Lipinski definition) is 1. The fourth-order valence-electron chi connectivity index (χ4n) is 2.17. The fourth-order valence-corrected chi connectivity index (χ4v) is 2.17. The van der Waals surface area contributed by atoms with Gasteiger partial charge in [-0.3, -0.25) is 9.59 Å². The number of hydrogen-bond acceptors (Lipinski definition) is 2. The first kappa shape index (κ1) is 16.7. The molecule has 0 aliphatic carbocycles. The molecule has 1 N–H and O–H groups in total. The van der Waals surface area contributed by atoms with Gasteiger partial charge in [-0.15, -0.1) is 0 Å². The van der Waals surface area contributed by atoms with E-state index < -0.39 is 0 Å². The van der Waals surface area contributed by atoms with E-state index >= 15 is 0 Å². The predicted molar refractivity (Wildman–Crippen MR) is 92.1 cm³/mol. The first-order valence-corrected chi connectivity index (χ1v) is 7.67. The molecule has 0 heterocycles. The van der Waals surface area contributed by atoms with Crippen LogP contribution in [0, 0.1) is 5.92 Å². The highest BCUT2D eigenvalue weighted by atomic mass is 16.2. The Hall–Kier alpha value is -2.62. The highest BCUT2D eigenvalue weighted by molar-refractivity contribution is 5.97. The second-order valence-corrected chi connectivity index (χ2v) is 5.87. The molecular weight excluding hydrogens is 288 g/mol. The summed E-state index contributed by atoms with van der Waals surface area (Å²) in [5.41, 5.74) is 2.28. The molecule has 4 heteroatoms. The van der Waals surface area contributed by atoms with Gasteiger partial charge < -0.3 is 10.2 Å². The average Bonchev–Trinajstić information content (AvgIpc) is 2.55. The molecule has 0 saturated heterocycles. The normalized spacial score (nSPS) is 10.4. The summed E-state index contributed by atoms with van der Waals surface area (Å²) < 4.78 is 0. The molecule has 4 nitrogen and oxygen atoms in total. The lowest BCUT2D eigenvalue weighted by atomic mass is 10.1. The zero-order valence-electron chi connectivity index (χ0n) is 13.7. The summed E-state index contributed by atoms with van der Waals surface area (Å²) in [6, 6.07) is 16.9. The molecular formula is C19H22N2O2. The zero-order valence-corrected chi connectivity index (χ0v) is 13.7. The van der Waals surface area contributed by atoms with Crippen molar-refractivity contribution in [3.05, 3.63) is 65.7 Å². The molecule has 0 aliphatic heterocycles. The number of amides is 2. The summed E-state index contributed by atoms with van der Waals surface area (Å²) in [5, 5.41) is 2.82. The smallest absolute Gasteiger partial charge is 0.253 e. The van der Waals surface area contributed by atoms with E-state index in [4.69, 9.17) is 0 Å². The standard InChI is InChI=1S/C19H22N2O2/c1-14(2)18(22)20-17-11-7-10-16(12-17)19(23)21(3)13-15-8-5-4-6-9-15/h4-12,14H,13H2,1-3H3,(H,20,22). The van der Waals surface area contributed by atoms with Crippen LogP contribution in [0.15, 0.2) is 54.6 Å². The van der Waals surface area contributed by atoms with Crippen molar-refractivity contribution in [1.29, 1.82) is 0 Å². The third-order valence-electron chi connectivity index (χ3n) is 3.51. The average molecular weight is 310 g/mol. The Bertz CT molecular complexity index is 681. The Morgan fingerprint density at radius 1 is 1.04 bits per heavy atom. The Morgan fingerprint density at radius 3 is 2.39 bits per heavy atom. The van der Waals surface area contributed by atoms with Crippen molar-refractivity contribution in [3.8, 4) is 0 Å². The lowest BCUT2D eigenvalue weighted by Gasteiger charge is -2.18. The van der Waals surface area contributed by atoms with Crippen molar-refractivity contribution in [1.82, 2.24) is 4.90 Å². The van der Waals surface area contributed by atoms with Gasteiger partial charge in [-0.05, 0) is 23.8 Å². The van der Waals surface area contributed by atoms with Crippen LogP contribution in [0.4, 0.5) is 5.69 Å². The third kappa shape index (κ3) is 4.68. The Labute approximate surface area is 137 Å². The van der Waals surface area contributed by atoms with E-state index in [1.807, 2.05) is 44.2 Å². The molecule has 2 amide bonds. The number of nitrogens with zero attached hydrogens (tertiary/aromatic N) is 1. The van der Waals surface area contributed by atoms with Crippen molar-refractivity contribution >= 4 is 17.5 Å². The molecule has 0 radical (unpaired) electrons. The number of anilines is 1. The molecule has 0 spiro atoms. The van der Waals surface area contributed by atoms with Crippen LogP contribution < -0.4 is 5.32 Å². The van der Waals surface area contributed by atoms with Gasteiger partial charge in [-0.2, -0.15) is 0 Å². The maximum atomic E-state index is 12.5. The van der Waals surface area contributed by atoms with E-state index in [1.54, 1.807) is 36.2 Å². The first-order chi connectivity index (χ1) is 11.0. The molecule has 2 rings (SSSR count). The van der Waals surface area contributed by atoms with Gasteiger partial charge in [0.25, 0.3) is 5.91 Å². The van der Waals surface area contributed by atoms with Crippen LogP contribution in [0.1, 0.15) is 29.8 Å². The van der Waals surface area contributed by atoms with Crippen molar-refractivity contribution in [3.63, 3.8) is 0 Å². The van der Waals surface area contributed by atoms with Crippen LogP contribution in [0.3, 0.4) is 0 Å². The predicted octanol–water partition coefficient (Wildman–Crippen LogP) is 3.55. The summed E-state index contributed by atoms with van der Waals surface area (Å²) in [7, 11) is 1.77. The Morgan fingerprint density at radius 2 is 1.74 bits per heavy atom. The van der Waals surface area contributed by atoms with Gasteiger partial charge >= 0.3 is 0 Å². The molecule has 0 aliphatic rings. The molecule has 2 aromatic rings. The lowest BCUT2D eigenvalue weighted by Crippen LogP contribution is -2.26. The highest BCUT2D eigenvalue weighted by Gasteiger charge is 2.13. The van der Waals surface area contributed by atoms with E-state index in [9.17, 15) is 9.59 Å². The van der Waals surface area contributed by atoms with Crippen molar-refractivity contribution in [2.45, 2.75) is 20.4 Å². The van der Waals surface area contributed by atoms with Crippen LogP contribution >= 0.6 is 0 Å². The number of rotatable bonds is 5. The van der Waals surface area contributed by atoms with Gasteiger partial charge in [0.2, 0.25) is 5.91 Å². The molecule has 0 unspecified atom stereocenters. The monoisotopic (exact) mass is 310 g/mol. The fraction of sp³-hybridized carbons (Fsp3) is 0.263. The topological polar surface area (TPSA) is 49.4 Å². The molecule has 0 fully saturated rings. The number of nitrogens with one attached hydrogen (secondary N) is 1. The van der Waals surface area contributed by atoms with Crippen LogP contribution in [0.2, 0.25) is 0 Å². The van der Waals surface area contributed by atoms with Crippen LogP contribution in [-0.2, 0) is 11.3 Å². The molecule has 0 bridgehead atoms. The van der Waals surface area contributed by atoms with E-state index in [0.29, 0.717) is 17.8 Å². The summed E-state index contributed by atoms with van der Waals surface area (Å²) in [6.07, 6.45) is 0. The van der Waals surface area contributed by atoms with Crippen molar-refractivity contribution < 1.29 is 9.59 Å². The summed E-state index contributed by atoms with van der Waals surface area (Å²) in [4.78, 5) is 26.0. The van der Waals surface area contributed by atoms with Gasteiger partial charge in [-0.1, -0.05) is 50.2 Å². The molecule has 120 valence electrons. The number of carbonyl (C=O) groups is 2. The maximum Gasteiger partial charge on any atom is 0.253 e. The minimum atomic E-state index is -0.102. The summed E-state index contributed by atoms with van der Waals surface area (Å²) >= 11 is 0. The van der Waals surface area contributed by atoms with Gasteiger partial charge in [0.1, 0.15) is 0 Å². The summed E-state index contributed by atoms with van der Waals surface area (Å²) in [6.45, 7) is 4.21. The second kappa shape index (κ2) is 7.58. The number of benzene rings is 2. The van der Waals surface area contributed by atoms with E-state index in [-0.39, 0.29) is 17.7 Å². The van der Waals surface area contributed by atoms with Crippen LogP contribution in [0.5, 0.6) is 0 Å². The zero-order chi connectivity index (χ0) is 16.8. The maximum absolute atomic E-state index is 12.5.